The van der Waals surface area contributed by atoms with Gasteiger partial charge in [0.2, 0.25) is 0 Å². The lowest BCUT2D eigenvalue weighted by Crippen LogP contribution is -2.45. The third-order valence-corrected chi connectivity index (χ3v) is 5.11. The normalized spacial score (nSPS) is 16.6. The highest BCUT2D eigenvalue weighted by atomic mass is 32.1. The van der Waals surface area contributed by atoms with Gasteiger partial charge in [0.25, 0.3) is 0 Å². The van der Waals surface area contributed by atoms with Gasteiger partial charge < -0.3 is 15.4 Å². The molecule has 0 atom stereocenters. The number of amides is 2. The summed E-state index contributed by atoms with van der Waals surface area (Å²) in [5.41, 5.74) is 0.0106. The average molecular weight is 310 g/mol. The van der Waals surface area contributed by atoms with Crippen LogP contribution in [0.2, 0.25) is 0 Å². The zero-order valence-electron chi connectivity index (χ0n) is 12.3. The van der Waals surface area contributed by atoms with Gasteiger partial charge in [-0.25, -0.2) is 0 Å². The molecule has 0 spiro atoms. The summed E-state index contributed by atoms with van der Waals surface area (Å²) in [4.78, 5) is 24.8. The van der Waals surface area contributed by atoms with E-state index >= 15 is 0 Å². The Hall–Kier alpha value is -1.40. The largest absolute Gasteiger partial charge is 0.383 e. The second-order valence-corrected chi connectivity index (χ2v) is 6.34. The van der Waals surface area contributed by atoms with Crippen molar-refractivity contribution in [2.45, 2.75) is 31.1 Å². The number of ether oxygens (including phenoxy) is 1. The summed E-state index contributed by atoms with van der Waals surface area (Å²) in [6.45, 7) is 1.28. The van der Waals surface area contributed by atoms with E-state index in [1.807, 2.05) is 6.07 Å². The molecule has 1 heterocycles. The number of hydrogen-bond acceptors (Lipinski definition) is 4. The standard InChI is InChI=1S/C15H22N2O3S/c1-20-9-8-16-13(18)14(19)17-11-15(6-2-3-7-15)12-5-4-10-21-12/h4-5,10H,2-3,6-9,11H2,1H3,(H,16,18)(H,17,19). The molecule has 1 fully saturated rings. The Balaban J connectivity index is 1.88. The predicted molar refractivity (Wildman–Crippen MR) is 82.4 cm³/mol. The van der Waals surface area contributed by atoms with E-state index in [1.165, 1.54) is 17.7 Å². The minimum Gasteiger partial charge on any atom is -0.383 e. The highest BCUT2D eigenvalue weighted by Gasteiger charge is 2.37. The monoisotopic (exact) mass is 310 g/mol. The van der Waals surface area contributed by atoms with Crippen molar-refractivity contribution < 1.29 is 14.3 Å². The van der Waals surface area contributed by atoms with Crippen LogP contribution < -0.4 is 10.6 Å². The molecular weight excluding hydrogens is 288 g/mol. The molecule has 0 radical (unpaired) electrons. The lowest BCUT2D eigenvalue weighted by atomic mass is 9.84. The van der Waals surface area contributed by atoms with E-state index in [2.05, 4.69) is 22.1 Å². The summed E-state index contributed by atoms with van der Waals surface area (Å²) in [5, 5.41) is 7.39. The number of hydrogen-bond donors (Lipinski definition) is 2. The Morgan fingerprint density at radius 1 is 1.29 bits per heavy atom. The van der Waals surface area contributed by atoms with Crippen LogP contribution in [0.15, 0.2) is 17.5 Å². The van der Waals surface area contributed by atoms with Gasteiger partial charge in [0.05, 0.1) is 6.61 Å². The van der Waals surface area contributed by atoms with Crippen molar-refractivity contribution in [3.63, 3.8) is 0 Å². The third-order valence-electron chi connectivity index (χ3n) is 3.99. The first-order chi connectivity index (χ1) is 10.2. The van der Waals surface area contributed by atoms with E-state index in [0.717, 1.165) is 12.8 Å². The second-order valence-electron chi connectivity index (χ2n) is 5.40. The number of rotatable bonds is 6. The van der Waals surface area contributed by atoms with Crippen LogP contribution in [0, 0.1) is 0 Å². The Labute approximate surface area is 129 Å². The van der Waals surface area contributed by atoms with Crippen molar-refractivity contribution in [3.05, 3.63) is 22.4 Å². The van der Waals surface area contributed by atoms with Crippen LogP contribution >= 0.6 is 11.3 Å². The van der Waals surface area contributed by atoms with Gasteiger partial charge in [0, 0.05) is 30.5 Å². The molecule has 116 valence electrons. The fraction of sp³-hybridized carbons (Fsp3) is 0.600. The molecule has 2 amide bonds. The van der Waals surface area contributed by atoms with Crippen LogP contribution in [0.3, 0.4) is 0 Å². The molecule has 1 aromatic heterocycles. The smallest absolute Gasteiger partial charge is 0.309 e. The molecule has 5 nitrogen and oxygen atoms in total. The van der Waals surface area contributed by atoms with Crippen LogP contribution in [0.1, 0.15) is 30.6 Å². The predicted octanol–water partition coefficient (Wildman–Crippen LogP) is 1.44. The van der Waals surface area contributed by atoms with Crippen molar-refractivity contribution in [1.82, 2.24) is 10.6 Å². The third kappa shape index (κ3) is 4.04. The summed E-state index contributed by atoms with van der Waals surface area (Å²) in [6.07, 6.45) is 4.49. The van der Waals surface area contributed by atoms with E-state index in [-0.39, 0.29) is 5.41 Å². The van der Waals surface area contributed by atoms with Crippen molar-refractivity contribution in [3.8, 4) is 0 Å². The van der Waals surface area contributed by atoms with Crippen molar-refractivity contribution in [2.24, 2.45) is 0 Å². The SMILES string of the molecule is COCCNC(=O)C(=O)NCC1(c2cccs2)CCCC1. The number of nitrogens with one attached hydrogen (secondary N) is 2. The topological polar surface area (TPSA) is 67.4 Å². The molecule has 1 aliphatic rings. The Morgan fingerprint density at radius 2 is 2.00 bits per heavy atom. The molecule has 6 heteroatoms. The fourth-order valence-electron chi connectivity index (χ4n) is 2.82. The summed E-state index contributed by atoms with van der Waals surface area (Å²) in [5.74, 6) is -1.15. The molecule has 1 aromatic rings. The molecule has 0 unspecified atom stereocenters. The summed E-state index contributed by atoms with van der Waals surface area (Å²) in [7, 11) is 1.55. The maximum Gasteiger partial charge on any atom is 0.309 e. The van der Waals surface area contributed by atoms with Gasteiger partial charge in [0.1, 0.15) is 0 Å². The zero-order chi connectivity index (χ0) is 15.1. The van der Waals surface area contributed by atoms with Gasteiger partial charge in [-0.05, 0) is 24.3 Å². The van der Waals surface area contributed by atoms with Crippen molar-refractivity contribution in [2.75, 3.05) is 26.8 Å². The lowest BCUT2D eigenvalue weighted by molar-refractivity contribution is -0.139. The van der Waals surface area contributed by atoms with Crippen molar-refractivity contribution >= 4 is 23.2 Å². The first kappa shape index (κ1) is 16.0. The molecule has 1 aliphatic carbocycles. The van der Waals surface area contributed by atoms with Gasteiger partial charge in [-0.15, -0.1) is 11.3 Å². The van der Waals surface area contributed by atoms with Gasteiger partial charge in [-0.1, -0.05) is 18.9 Å². The molecule has 2 rings (SSSR count). The van der Waals surface area contributed by atoms with Crippen LogP contribution in [-0.4, -0.2) is 38.6 Å². The first-order valence-corrected chi connectivity index (χ1v) is 8.15. The molecule has 0 aromatic carbocycles. The van der Waals surface area contributed by atoms with E-state index in [9.17, 15) is 9.59 Å². The van der Waals surface area contributed by atoms with Crippen LogP contribution in [0.4, 0.5) is 0 Å². The number of carbonyl (C=O) groups is 2. The van der Waals surface area contributed by atoms with Crippen LogP contribution in [-0.2, 0) is 19.7 Å². The molecule has 0 aliphatic heterocycles. The minimum absolute atomic E-state index is 0.0106. The summed E-state index contributed by atoms with van der Waals surface area (Å²) >= 11 is 1.73. The van der Waals surface area contributed by atoms with Gasteiger partial charge in [-0.3, -0.25) is 9.59 Å². The minimum atomic E-state index is -0.591. The Morgan fingerprint density at radius 3 is 2.62 bits per heavy atom. The van der Waals surface area contributed by atoms with E-state index in [4.69, 9.17) is 4.74 Å². The number of carbonyl (C=O) groups excluding carboxylic acids is 2. The first-order valence-electron chi connectivity index (χ1n) is 7.27. The lowest BCUT2D eigenvalue weighted by Gasteiger charge is -2.28. The summed E-state index contributed by atoms with van der Waals surface area (Å²) in [6, 6.07) is 4.17. The molecular formula is C15H22N2O3S. The highest BCUT2D eigenvalue weighted by Crippen LogP contribution is 2.42. The summed E-state index contributed by atoms with van der Waals surface area (Å²) < 4.78 is 4.83. The van der Waals surface area contributed by atoms with Gasteiger partial charge in [0.15, 0.2) is 0 Å². The van der Waals surface area contributed by atoms with E-state index in [1.54, 1.807) is 18.4 Å². The number of methoxy groups -OCH3 is 1. The quantitative estimate of drug-likeness (QED) is 0.617. The Kier molecular flexibility index (Phi) is 5.76. The maximum absolute atomic E-state index is 11.8. The number of thiophene rings is 1. The average Bonchev–Trinajstić information content (AvgIpc) is 3.16. The highest BCUT2D eigenvalue weighted by molar-refractivity contribution is 7.10. The van der Waals surface area contributed by atoms with Crippen molar-refractivity contribution in [1.29, 1.82) is 0 Å². The molecule has 21 heavy (non-hydrogen) atoms. The van der Waals surface area contributed by atoms with E-state index in [0.29, 0.717) is 19.7 Å². The van der Waals surface area contributed by atoms with E-state index < -0.39 is 11.8 Å². The van der Waals surface area contributed by atoms with Gasteiger partial charge >= 0.3 is 11.8 Å². The van der Waals surface area contributed by atoms with Crippen LogP contribution in [0.5, 0.6) is 0 Å². The van der Waals surface area contributed by atoms with Crippen LogP contribution in [0.25, 0.3) is 0 Å². The molecule has 2 N–H and O–H groups in total. The maximum atomic E-state index is 11.8. The zero-order valence-corrected chi connectivity index (χ0v) is 13.1. The molecule has 0 saturated heterocycles. The second kappa shape index (κ2) is 7.56. The Bertz CT molecular complexity index is 467. The molecule has 0 bridgehead atoms. The fourth-order valence-corrected chi connectivity index (χ4v) is 3.81. The van der Waals surface area contributed by atoms with Gasteiger partial charge in [-0.2, -0.15) is 0 Å². The molecule has 1 saturated carbocycles.